The minimum atomic E-state index is -0.895. The minimum Gasteiger partial charge on any atom is -0.465 e. The number of aliphatic hydroxyl groups is 1. The van der Waals surface area contributed by atoms with Crippen molar-refractivity contribution in [1.82, 2.24) is 4.90 Å². The molecule has 6 heteroatoms. The number of rotatable bonds is 2. The highest BCUT2D eigenvalue weighted by atomic mass is 35.5. The number of halogens is 2. The van der Waals surface area contributed by atoms with Crippen molar-refractivity contribution in [2.45, 2.75) is 5.41 Å². The Morgan fingerprint density at radius 3 is 2.42 bits per heavy atom. The second-order valence-corrected chi connectivity index (χ2v) is 6.04. The molecule has 2 aliphatic rings. The number of carboxylic acid groups (broad SMARTS) is 1. The van der Waals surface area contributed by atoms with Crippen LogP contribution in [0.1, 0.15) is 5.56 Å². The first-order valence-electron chi connectivity index (χ1n) is 6.05. The monoisotopic (exact) mass is 301 g/mol. The van der Waals surface area contributed by atoms with Gasteiger partial charge in [-0.05, 0) is 29.5 Å². The first kappa shape index (κ1) is 13.0. The van der Waals surface area contributed by atoms with Crippen molar-refractivity contribution in [2.24, 2.45) is 11.8 Å². The molecule has 1 amide bonds. The molecule has 1 aliphatic carbocycles. The van der Waals surface area contributed by atoms with Gasteiger partial charge in [0.1, 0.15) is 0 Å². The molecular weight excluding hydrogens is 289 g/mol. The fraction of sp³-hybridized carbons (Fsp3) is 0.462. The van der Waals surface area contributed by atoms with E-state index in [-0.39, 0.29) is 23.9 Å². The van der Waals surface area contributed by atoms with Crippen LogP contribution in [0.3, 0.4) is 0 Å². The fourth-order valence-corrected chi connectivity index (χ4v) is 3.73. The van der Waals surface area contributed by atoms with E-state index in [1.807, 2.05) is 6.07 Å². The molecule has 0 unspecified atom stereocenters. The van der Waals surface area contributed by atoms with Gasteiger partial charge in [0.25, 0.3) is 0 Å². The lowest BCUT2D eigenvalue weighted by molar-refractivity contribution is 0.139. The van der Waals surface area contributed by atoms with E-state index in [0.29, 0.717) is 23.1 Å². The molecule has 1 saturated carbocycles. The summed E-state index contributed by atoms with van der Waals surface area (Å²) in [4.78, 5) is 12.3. The first-order chi connectivity index (χ1) is 9.00. The van der Waals surface area contributed by atoms with Crippen LogP contribution in [-0.2, 0) is 5.41 Å². The normalized spacial score (nSPS) is 32.3. The zero-order valence-corrected chi connectivity index (χ0v) is 11.5. The lowest BCUT2D eigenvalue weighted by Crippen LogP contribution is -2.35. The van der Waals surface area contributed by atoms with Gasteiger partial charge in [-0.1, -0.05) is 29.3 Å². The minimum absolute atomic E-state index is 0.00769. The highest BCUT2D eigenvalue weighted by Crippen LogP contribution is 2.63. The summed E-state index contributed by atoms with van der Waals surface area (Å²) in [6, 6.07) is 5.37. The van der Waals surface area contributed by atoms with Crippen LogP contribution in [0.5, 0.6) is 0 Å². The van der Waals surface area contributed by atoms with Crippen molar-refractivity contribution in [2.75, 3.05) is 19.7 Å². The number of fused-ring (bicyclic) bond motifs is 1. The Balaban J connectivity index is 1.88. The Hall–Kier alpha value is -0.970. The van der Waals surface area contributed by atoms with Crippen molar-refractivity contribution in [3.63, 3.8) is 0 Å². The average molecular weight is 302 g/mol. The molecule has 3 atom stereocenters. The highest BCUT2D eigenvalue weighted by molar-refractivity contribution is 6.42. The molecule has 0 spiro atoms. The van der Waals surface area contributed by atoms with Gasteiger partial charge >= 0.3 is 6.09 Å². The van der Waals surface area contributed by atoms with Crippen molar-refractivity contribution in [1.29, 1.82) is 0 Å². The summed E-state index contributed by atoms with van der Waals surface area (Å²) in [5.74, 6) is 0.344. The summed E-state index contributed by atoms with van der Waals surface area (Å²) in [5.41, 5.74) is 0.602. The van der Waals surface area contributed by atoms with Crippen LogP contribution >= 0.6 is 23.2 Å². The molecule has 19 heavy (non-hydrogen) atoms. The van der Waals surface area contributed by atoms with E-state index in [4.69, 9.17) is 28.3 Å². The van der Waals surface area contributed by atoms with Crippen LogP contribution in [0.25, 0.3) is 0 Å². The van der Waals surface area contributed by atoms with Crippen LogP contribution in [0.4, 0.5) is 4.79 Å². The summed E-state index contributed by atoms with van der Waals surface area (Å²) in [6.07, 6.45) is -0.895. The van der Waals surface area contributed by atoms with Crippen LogP contribution in [-0.4, -0.2) is 40.9 Å². The molecule has 1 heterocycles. The third kappa shape index (κ3) is 1.74. The average Bonchev–Trinajstić information content (AvgIpc) is 2.77. The van der Waals surface area contributed by atoms with Gasteiger partial charge in [0.15, 0.2) is 0 Å². The molecule has 1 aromatic carbocycles. The van der Waals surface area contributed by atoms with Gasteiger partial charge in [-0.15, -0.1) is 0 Å². The lowest BCUT2D eigenvalue weighted by Gasteiger charge is -2.24. The van der Waals surface area contributed by atoms with Crippen molar-refractivity contribution < 1.29 is 15.0 Å². The molecule has 102 valence electrons. The van der Waals surface area contributed by atoms with Gasteiger partial charge in [0.2, 0.25) is 0 Å². The summed E-state index contributed by atoms with van der Waals surface area (Å²) in [7, 11) is 0. The number of benzene rings is 1. The maximum atomic E-state index is 10.9. The molecule has 1 saturated heterocycles. The number of likely N-dealkylation sites (tertiary alicyclic amines) is 1. The topological polar surface area (TPSA) is 60.8 Å². The number of hydrogen-bond donors (Lipinski definition) is 2. The maximum absolute atomic E-state index is 10.9. The van der Waals surface area contributed by atoms with Gasteiger partial charge in [0.05, 0.1) is 16.7 Å². The number of carbonyl (C=O) groups is 1. The molecule has 2 fully saturated rings. The van der Waals surface area contributed by atoms with Gasteiger partial charge in [-0.25, -0.2) is 4.79 Å². The largest absolute Gasteiger partial charge is 0.465 e. The summed E-state index contributed by atoms with van der Waals surface area (Å²) < 4.78 is 0. The van der Waals surface area contributed by atoms with E-state index in [9.17, 15) is 9.90 Å². The van der Waals surface area contributed by atoms with Gasteiger partial charge in [0, 0.05) is 18.5 Å². The zero-order chi connectivity index (χ0) is 13.8. The van der Waals surface area contributed by atoms with Gasteiger partial charge in [-0.3, -0.25) is 0 Å². The predicted molar refractivity (Wildman–Crippen MR) is 71.8 cm³/mol. The molecule has 0 radical (unpaired) electrons. The molecule has 1 aromatic rings. The Labute approximate surface area is 120 Å². The number of nitrogens with zero attached hydrogens (tertiary/aromatic N) is 1. The molecule has 0 bridgehead atoms. The maximum Gasteiger partial charge on any atom is 0.407 e. The van der Waals surface area contributed by atoms with Crippen LogP contribution in [0.15, 0.2) is 18.2 Å². The number of amides is 1. The van der Waals surface area contributed by atoms with Crippen molar-refractivity contribution >= 4 is 29.3 Å². The Morgan fingerprint density at radius 2 is 1.95 bits per heavy atom. The van der Waals surface area contributed by atoms with E-state index in [1.165, 1.54) is 4.90 Å². The first-order valence-corrected chi connectivity index (χ1v) is 6.80. The van der Waals surface area contributed by atoms with Gasteiger partial charge in [-0.2, -0.15) is 0 Å². The van der Waals surface area contributed by atoms with Crippen LogP contribution < -0.4 is 0 Å². The third-order valence-corrected chi connectivity index (χ3v) is 5.26. The molecule has 1 aliphatic heterocycles. The molecule has 2 N–H and O–H groups in total. The smallest absolute Gasteiger partial charge is 0.407 e. The zero-order valence-electron chi connectivity index (χ0n) is 10.0. The Kier molecular flexibility index (Phi) is 2.93. The number of piperidine rings is 1. The second-order valence-electron chi connectivity index (χ2n) is 5.23. The summed E-state index contributed by atoms with van der Waals surface area (Å²) in [6.45, 7) is 0.954. The van der Waals surface area contributed by atoms with E-state index < -0.39 is 6.09 Å². The summed E-state index contributed by atoms with van der Waals surface area (Å²) >= 11 is 11.9. The van der Waals surface area contributed by atoms with Crippen LogP contribution in [0.2, 0.25) is 10.0 Å². The summed E-state index contributed by atoms with van der Waals surface area (Å²) in [5, 5.41) is 19.7. The van der Waals surface area contributed by atoms with Crippen LogP contribution in [0, 0.1) is 11.8 Å². The lowest BCUT2D eigenvalue weighted by atomic mass is 9.91. The van der Waals surface area contributed by atoms with Gasteiger partial charge < -0.3 is 15.1 Å². The predicted octanol–water partition coefficient (Wildman–Crippen LogP) is 2.46. The van der Waals surface area contributed by atoms with E-state index >= 15 is 0 Å². The Bertz CT molecular complexity index is 537. The number of aliphatic hydroxyl groups excluding tert-OH is 1. The van der Waals surface area contributed by atoms with Crippen molar-refractivity contribution in [3.8, 4) is 0 Å². The SMILES string of the molecule is O=C(O)N1C[C@@H]2[C@H](C1)[C@]2(CO)c1ccc(Cl)c(Cl)c1. The Morgan fingerprint density at radius 1 is 1.32 bits per heavy atom. The fourth-order valence-electron chi connectivity index (χ4n) is 3.43. The molecule has 0 aromatic heterocycles. The standard InChI is InChI=1S/C13H13Cl2NO3/c14-10-2-1-7(3-11(10)15)13(6-17)8-4-16(12(18)19)5-9(8)13/h1-3,8-9,17H,4-6H2,(H,18,19)/t8-,9+,13-. The molecule has 4 nitrogen and oxygen atoms in total. The van der Waals surface area contributed by atoms with E-state index in [0.717, 1.165) is 5.56 Å². The molecule has 3 rings (SSSR count). The van der Waals surface area contributed by atoms with E-state index in [2.05, 4.69) is 0 Å². The highest BCUT2D eigenvalue weighted by Gasteiger charge is 2.69. The van der Waals surface area contributed by atoms with Crippen molar-refractivity contribution in [3.05, 3.63) is 33.8 Å². The quantitative estimate of drug-likeness (QED) is 0.882. The number of hydrogen-bond acceptors (Lipinski definition) is 2. The van der Waals surface area contributed by atoms with E-state index in [1.54, 1.807) is 12.1 Å². The second kappa shape index (κ2) is 4.27. The third-order valence-electron chi connectivity index (χ3n) is 4.52. The molecular formula is C13H13Cl2NO3.